The molecule has 0 aliphatic carbocycles. The number of fused-ring (bicyclic) bond motifs is 1. The van der Waals surface area contributed by atoms with Gasteiger partial charge in [-0.15, -0.1) is 0 Å². The second-order valence-corrected chi connectivity index (χ2v) is 5.98. The number of benzene rings is 2. The number of ether oxygens (including phenoxy) is 5. The molecule has 3 rings (SSSR count). The Labute approximate surface area is 160 Å². The van der Waals surface area contributed by atoms with Gasteiger partial charge in [0.25, 0.3) is 0 Å². The van der Waals surface area contributed by atoms with Gasteiger partial charge in [0, 0.05) is 24.8 Å². The van der Waals surface area contributed by atoms with Crippen molar-refractivity contribution in [2.45, 2.75) is 12.2 Å². The monoisotopic (exact) mass is 392 g/mol. The van der Waals surface area contributed by atoms with Gasteiger partial charge in [-0.3, -0.25) is 4.79 Å². The van der Waals surface area contributed by atoms with Crippen molar-refractivity contribution in [1.82, 2.24) is 0 Å². The van der Waals surface area contributed by atoms with Crippen LogP contribution in [0.3, 0.4) is 0 Å². The Balaban J connectivity index is 2.17. The van der Waals surface area contributed by atoms with Crippen LogP contribution in [0.25, 0.3) is 0 Å². The number of phenols is 3. The molecule has 0 saturated carbocycles. The summed E-state index contributed by atoms with van der Waals surface area (Å²) in [6.07, 6.45) is -2.30. The molecule has 1 aliphatic heterocycles. The van der Waals surface area contributed by atoms with E-state index in [0.29, 0.717) is 0 Å². The number of ketones is 1. The first-order valence-corrected chi connectivity index (χ1v) is 8.19. The van der Waals surface area contributed by atoms with Crippen LogP contribution in [0.4, 0.5) is 0 Å². The van der Waals surface area contributed by atoms with Crippen molar-refractivity contribution in [3.05, 3.63) is 29.3 Å². The molecule has 0 bridgehead atoms. The first kappa shape index (κ1) is 19.4. The van der Waals surface area contributed by atoms with Crippen molar-refractivity contribution in [2.75, 3.05) is 28.4 Å². The summed E-state index contributed by atoms with van der Waals surface area (Å²) in [4.78, 5) is 13.0. The molecule has 0 fully saturated rings. The third kappa shape index (κ3) is 2.89. The lowest BCUT2D eigenvalue weighted by atomic mass is 9.91. The molecule has 2 aromatic carbocycles. The van der Waals surface area contributed by atoms with E-state index >= 15 is 0 Å². The van der Waals surface area contributed by atoms with Crippen LogP contribution in [0.1, 0.15) is 22.0 Å². The number of Topliss-reactive ketones (excluding diaryl/α,β-unsaturated/α-hetero) is 1. The largest absolute Gasteiger partial charge is 0.507 e. The molecule has 2 unspecified atom stereocenters. The maximum absolute atomic E-state index is 13.0. The Morgan fingerprint density at radius 3 is 2.14 bits per heavy atom. The summed E-state index contributed by atoms with van der Waals surface area (Å²) in [6, 6.07) is 3.82. The van der Waals surface area contributed by atoms with Gasteiger partial charge in [-0.2, -0.15) is 0 Å². The molecule has 0 amide bonds. The van der Waals surface area contributed by atoms with Crippen molar-refractivity contribution < 1.29 is 43.8 Å². The minimum Gasteiger partial charge on any atom is -0.507 e. The second-order valence-electron chi connectivity index (χ2n) is 5.98. The van der Waals surface area contributed by atoms with E-state index in [9.17, 15) is 20.1 Å². The molecule has 150 valence electrons. The van der Waals surface area contributed by atoms with Crippen molar-refractivity contribution in [3.8, 4) is 40.2 Å². The van der Waals surface area contributed by atoms with Crippen LogP contribution in [-0.4, -0.2) is 55.6 Å². The Hall–Kier alpha value is -3.33. The van der Waals surface area contributed by atoms with Gasteiger partial charge in [0.15, 0.2) is 35.2 Å². The lowest BCUT2D eigenvalue weighted by Gasteiger charge is -2.33. The fraction of sp³-hybridized carbons (Fsp3) is 0.316. The Morgan fingerprint density at radius 2 is 1.57 bits per heavy atom. The highest BCUT2D eigenvalue weighted by Crippen LogP contribution is 2.50. The number of hydrogen-bond donors (Lipinski definition) is 3. The Morgan fingerprint density at radius 1 is 0.893 bits per heavy atom. The van der Waals surface area contributed by atoms with E-state index in [1.165, 1.54) is 46.6 Å². The minimum absolute atomic E-state index is 0.0172. The number of carbonyl (C=O) groups is 1. The summed E-state index contributed by atoms with van der Waals surface area (Å²) in [5.41, 5.74) is -0.0172. The molecule has 1 aliphatic rings. The average Bonchev–Trinajstić information content (AvgIpc) is 2.68. The summed E-state index contributed by atoms with van der Waals surface area (Å²) in [7, 11) is 5.33. The molecule has 9 nitrogen and oxygen atoms in total. The zero-order valence-corrected chi connectivity index (χ0v) is 15.7. The third-order valence-corrected chi connectivity index (χ3v) is 4.53. The van der Waals surface area contributed by atoms with E-state index in [0.717, 1.165) is 0 Å². The van der Waals surface area contributed by atoms with Gasteiger partial charge in [-0.1, -0.05) is 0 Å². The highest BCUT2D eigenvalue weighted by molar-refractivity contribution is 6.06. The normalized spacial score (nSPS) is 18.2. The molecule has 0 aromatic heterocycles. The van der Waals surface area contributed by atoms with Crippen LogP contribution in [-0.2, 0) is 4.74 Å². The van der Waals surface area contributed by atoms with Crippen LogP contribution in [0.5, 0.6) is 40.2 Å². The Bertz CT molecular complexity index is 922. The molecule has 28 heavy (non-hydrogen) atoms. The fourth-order valence-corrected chi connectivity index (χ4v) is 3.18. The SMILES string of the molecule is COc1cc(O)c(C2Oc3cc(OC)c(OC)c(O)c3C(=O)C2OC)cc1O. The first-order chi connectivity index (χ1) is 13.4. The average molecular weight is 392 g/mol. The maximum Gasteiger partial charge on any atom is 0.204 e. The van der Waals surface area contributed by atoms with Crippen LogP contribution >= 0.6 is 0 Å². The number of phenolic OH excluding ortho intramolecular Hbond substituents is 3. The minimum atomic E-state index is -1.20. The zero-order chi connectivity index (χ0) is 20.6. The molecule has 2 aromatic rings. The highest BCUT2D eigenvalue weighted by atomic mass is 16.5. The zero-order valence-electron chi connectivity index (χ0n) is 15.7. The summed E-state index contributed by atoms with van der Waals surface area (Å²) >= 11 is 0. The summed E-state index contributed by atoms with van der Waals surface area (Å²) in [5, 5.41) is 30.9. The van der Waals surface area contributed by atoms with Gasteiger partial charge in [0.05, 0.1) is 21.3 Å². The molecule has 0 spiro atoms. The van der Waals surface area contributed by atoms with Crippen LogP contribution in [0.15, 0.2) is 18.2 Å². The van der Waals surface area contributed by atoms with Gasteiger partial charge in [0.2, 0.25) is 11.5 Å². The number of methoxy groups -OCH3 is 4. The molecule has 1 heterocycles. The van der Waals surface area contributed by atoms with Crippen LogP contribution < -0.4 is 18.9 Å². The maximum atomic E-state index is 13.0. The predicted molar refractivity (Wildman–Crippen MR) is 96.0 cm³/mol. The molecule has 0 saturated heterocycles. The highest BCUT2D eigenvalue weighted by Gasteiger charge is 2.43. The van der Waals surface area contributed by atoms with Gasteiger partial charge < -0.3 is 39.0 Å². The lowest BCUT2D eigenvalue weighted by molar-refractivity contribution is -0.00197. The molecule has 9 heteroatoms. The Kier molecular flexibility index (Phi) is 5.10. The summed E-state index contributed by atoms with van der Waals surface area (Å²) in [5.74, 6) is -1.31. The van der Waals surface area contributed by atoms with E-state index in [1.54, 1.807) is 0 Å². The standard InChI is InChI=1S/C19H20O9/c1-24-11-6-9(20)8(5-10(11)21)17-19(27-4)16(23)14-12(28-17)7-13(25-2)18(26-3)15(14)22/h5-7,17,19-22H,1-4H3. The summed E-state index contributed by atoms with van der Waals surface area (Å²) < 4.78 is 26.4. The van der Waals surface area contributed by atoms with Gasteiger partial charge in [-0.05, 0) is 6.07 Å². The van der Waals surface area contributed by atoms with E-state index in [-0.39, 0.29) is 45.6 Å². The molecular weight excluding hydrogens is 372 g/mol. The smallest absolute Gasteiger partial charge is 0.204 e. The number of hydrogen-bond acceptors (Lipinski definition) is 9. The number of carbonyl (C=O) groups excluding carboxylic acids is 1. The lowest BCUT2D eigenvalue weighted by Crippen LogP contribution is -2.38. The predicted octanol–water partition coefficient (Wildman–Crippen LogP) is 2.16. The van der Waals surface area contributed by atoms with Crippen LogP contribution in [0.2, 0.25) is 0 Å². The van der Waals surface area contributed by atoms with Gasteiger partial charge in [-0.25, -0.2) is 0 Å². The van der Waals surface area contributed by atoms with Gasteiger partial charge >= 0.3 is 0 Å². The second kappa shape index (κ2) is 7.35. The van der Waals surface area contributed by atoms with E-state index in [4.69, 9.17) is 23.7 Å². The number of rotatable bonds is 5. The molecule has 2 atom stereocenters. The fourth-order valence-electron chi connectivity index (χ4n) is 3.18. The van der Waals surface area contributed by atoms with Crippen molar-refractivity contribution >= 4 is 5.78 Å². The molecule has 3 N–H and O–H groups in total. The van der Waals surface area contributed by atoms with E-state index in [1.807, 2.05) is 0 Å². The topological polar surface area (TPSA) is 124 Å². The van der Waals surface area contributed by atoms with E-state index < -0.39 is 23.7 Å². The quantitative estimate of drug-likeness (QED) is 0.657. The van der Waals surface area contributed by atoms with Crippen molar-refractivity contribution in [1.29, 1.82) is 0 Å². The first-order valence-electron chi connectivity index (χ1n) is 8.19. The van der Waals surface area contributed by atoms with E-state index in [2.05, 4.69) is 0 Å². The van der Waals surface area contributed by atoms with Crippen molar-refractivity contribution in [3.63, 3.8) is 0 Å². The number of aromatic hydroxyl groups is 3. The van der Waals surface area contributed by atoms with Crippen LogP contribution in [0, 0.1) is 0 Å². The summed E-state index contributed by atoms with van der Waals surface area (Å²) in [6.45, 7) is 0. The van der Waals surface area contributed by atoms with Crippen molar-refractivity contribution in [2.24, 2.45) is 0 Å². The van der Waals surface area contributed by atoms with Gasteiger partial charge in [0.1, 0.15) is 17.1 Å². The third-order valence-electron chi connectivity index (χ3n) is 4.53. The molecule has 0 radical (unpaired) electrons. The molecular formula is C19H20O9.